The average molecular weight is 374 g/mol. The van der Waals surface area contributed by atoms with Crippen LogP contribution in [0.3, 0.4) is 0 Å². The van der Waals surface area contributed by atoms with E-state index in [0.29, 0.717) is 10.8 Å². The summed E-state index contributed by atoms with van der Waals surface area (Å²) in [5.74, 6) is 0.679. The number of rotatable bonds is 3. The van der Waals surface area contributed by atoms with Gasteiger partial charge in [-0.3, -0.25) is 4.98 Å². The molecule has 0 bridgehead atoms. The Labute approximate surface area is 158 Å². The van der Waals surface area contributed by atoms with E-state index in [2.05, 4.69) is 49.6 Å². The van der Waals surface area contributed by atoms with E-state index in [1.807, 2.05) is 35.9 Å². The molecule has 0 unspecified atom stereocenters. The van der Waals surface area contributed by atoms with E-state index in [0.717, 1.165) is 27.6 Å². The van der Waals surface area contributed by atoms with E-state index < -0.39 is 0 Å². The fourth-order valence-electron chi connectivity index (χ4n) is 2.93. The Hall–Kier alpha value is -3.46. The van der Waals surface area contributed by atoms with Crippen LogP contribution in [-0.2, 0) is 0 Å². The van der Waals surface area contributed by atoms with Gasteiger partial charge in [0.25, 0.3) is 0 Å². The maximum atomic E-state index is 4.68. The van der Waals surface area contributed by atoms with Gasteiger partial charge >= 0.3 is 0 Å². The van der Waals surface area contributed by atoms with Crippen molar-refractivity contribution in [3.63, 3.8) is 0 Å². The van der Waals surface area contributed by atoms with Crippen LogP contribution < -0.4 is 0 Å². The summed E-state index contributed by atoms with van der Waals surface area (Å²) in [5, 5.41) is 22.6. The molecule has 0 saturated carbocycles. The van der Waals surface area contributed by atoms with E-state index in [4.69, 9.17) is 0 Å². The van der Waals surface area contributed by atoms with Gasteiger partial charge in [-0.1, -0.05) is 28.7 Å². The van der Waals surface area contributed by atoms with Gasteiger partial charge in [0.2, 0.25) is 4.96 Å². The molecule has 5 rings (SSSR count). The summed E-state index contributed by atoms with van der Waals surface area (Å²) in [6.45, 7) is 4.05. The van der Waals surface area contributed by atoms with Crippen LogP contribution in [0.1, 0.15) is 11.3 Å². The number of fused-ring (bicyclic) bond motifs is 1. The highest BCUT2D eigenvalue weighted by Gasteiger charge is 2.19. The van der Waals surface area contributed by atoms with Crippen LogP contribution in [0.2, 0.25) is 0 Å². The minimum atomic E-state index is 0.679. The molecule has 0 atom stereocenters. The standard InChI is InChI=1S/C18H14N8S/c1-11-4-3-5-14(10-11)25-12(2)15(20-24-25)17-23-26-16(21-22-18(26)27-17)13-6-8-19-9-7-13/h3-10H,1-2H3. The van der Waals surface area contributed by atoms with Gasteiger partial charge in [0, 0.05) is 18.0 Å². The van der Waals surface area contributed by atoms with Gasteiger partial charge in [0.05, 0.1) is 11.4 Å². The molecule has 4 heterocycles. The predicted molar refractivity (Wildman–Crippen MR) is 102 cm³/mol. The molecule has 0 aliphatic heterocycles. The minimum Gasteiger partial charge on any atom is -0.265 e. The topological polar surface area (TPSA) is 86.7 Å². The summed E-state index contributed by atoms with van der Waals surface area (Å²) in [6, 6.07) is 11.9. The molecule has 0 N–H and O–H groups in total. The average Bonchev–Trinajstić information content (AvgIpc) is 3.36. The number of hydrogen-bond donors (Lipinski definition) is 0. The number of benzene rings is 1. The molecule has 4 aromatic heterocycles. The number of nitrogens with zero attached hydrogens (tertiary/aromatic N) is 8. The first kappa shape index (κ1) is 15.8. The third kappa shape index (κ3) is 2.59. The first-order chi connectivity index (χ1) is 13.2. The monoisotopic (exact) mass is 374 g/mol. The molecule has 0 radical (unpaired) electrons. The van der Waals surface area contributed by atoms with Crippen molar-refractivity contribution in [1.29, 1.82) is 0 Å². The second-order valence-electron chi connectivity index (χ2n) is 6.14. The molecule has 0 spiro atoms. The van der Waals surface area contributed by atoms with Crippen molar-refractivity contribution in [2.45, 2.75) is 13.8 Å². The zero-order valence-electron chi connectivity index (χ0n) is 14.6. The lowest BCUT2D eigenvalue weighted by Crippen LogP contribution is -1.99. The Morgan fingerprint density at radius 1 is 0.963 bits per heavy atom. The summed E-state index contributed by atoms with van der Waals surface area (Å²) in [5.41, 5.74) is 4.73. The van der Waals surface area contributed by atoms with Gasteiger partial charge in [0.15, 0.2) is 10.8 Å². The van der Waals surface area contributed by atoms with Gasteiger partial charge < -0.3 is 0 Å². The molecule has 132 valence electrons. The van der Waals surface area contributed by atoms with Crippen LogP contribution in [0.15, 0.2) is 48.8 Å². The number of pyridine rings is 1. The van der Waals surface area contributed by atoms with Crippen LogP contribution in [0.4, 0.5) is 0 Å². The van der Waals surface area contributed by atoms with E-state index in [1.54, 1.807) is 16.9 Å². The van der Waals surface area contributed by atoms with Gasteiger partial charge in [-0.15, -0.1) is 15.3 Å². The molecule has 8 nitrogen and oxygen atoms in total. The van der Waals surface area contributed by atoms with Crippen molar-refractivity contribution in [2.75, 3.05) is 0 Å². The SMILES string of the molecule is Cc1cccc(-n2nnc(-c3nn4c(-c5ccncc5)nnc4s3)c2C)c1. The molecule has 0 aliphatic rings. The minimum absolute atomic E-state index is 0.679. The summed E-state index contributed by atoms with van der Waals surface area (Å²) in [6.07, 6.45) is 3.45. The normalized spacial score (nSPS) is 11.3. The third-order valence-corrected chi connectivity index (χ3v) is 5.18. The van der Waals surface area contributed by atoms with Crippen molar-refractivity contribution in [2.24, 2.45) is 0 Å². The van der Waals surface area contributed by atoms with Crippen LogP contribution >= 0.6 is 11.3 Å². The molecule has 0 amide bonds. The molecule has 1 aromatic carbocycles. The second kappa shape index (κ2) is 6.06. The Kier molecular flexibility index (Phi) is 3.54. The second-order valence-corrected chi connectivity index (χ2v) is 7.09. The molecule has 5 aromatic rings. The highest BCUT2D eigenvalue weighted by Crippen LogP contribution is 2.29. The molecule has 0 saturated heterocycles. The maximum Gasteiger partial charge on any atom is 0.235 e. The maximum absolute atomic E-state index is 4.68. The Balaban J connectivity index is 1.60. The third-order valence-electron chi connectivity index (χ3n) is 4.27. The molecular weight excluding hydrogens is 360 g/mol. The lowest BCUT2D eigenvalue weighted by molar-refractivity contribution is 0.784. The van der Waals surface area contributed by atoms with E-state index >= 15 is 0 Å². The number of aryl methyl sites for hydroxylation is 1. The largest absolute Gasteiger partial charge is 0.265 e. The van der Waals surface area contributed by atoms with Crippen LogP contribution in [0.25, 0.3) is 32.7 Å². The van der Waals surface area contributed by atoms with Crippen molar-refractivity contribution >= 4 is 16.3 Å². The van der Waals surface area contributed by atoms with Gasteiger partial charge in [-0.05, 0) is 43.7 Å². The highest BCUT2D eigenvalue weighted by atomic mass is 32.1. The van der Waals surface area contributed by atoms with Crippen molar-refractivity contribution in [3.05, 3.63) is 60.0 Å². The summed E-state index contributed by atoms with van der Waals surface area (Å²) in [7, 11) is 0. The van der Waals surface area contributed by atoms with Crippen molar-refractivity contribution in [1.82, 2.24) is 39.8 Å². The first-order valence-corrected chi connectivity index (χ1v) is 9.15. The summed E-state index contributed by atoms with van der Waals surface area (Å²) in [4.78, 5) is 4.75. The van der Waals surface area contributed by atoms with E-state index in [9.17, 15) is 0 Å². The Bertz CT molecular complexity index is 1250. The van der Waals surface area contributed by atoms with E-state index in [1.165, 1.54) is 16.9 Å². The molecule has 0 aliphatic carbocycles. The number of hydrogen-bond acceptors (Lipinski definition) is 7. The van der Waals surface area contributed by atoms with Gasteiger partial charge in [-0.2, -0.15) is 9.61 Å². The van der Waals surface area contributed by atoms with Crippen LogP contribution in [0, 0.1) is 13.8 Å². The first-order valence-electron chi connectivity index (χ1n) is 8.33. The smallest absolute Gasteiger partial charge is 0.235 e. The van der Waals surface area contributed by atoms with Crippen molar-refractivity contribution in [3.8, 4) is 27.8 Å². The zero-order valence-corrected chi connectivity index (χ0v) is 15.4. The van der Waals surface area contributed by atoms with Crippen LogP contribution in [0.5, 0.6) is 0 Å². The molecular formula is C18H14N8S. The fourth-order valence-corrected chi connectivity index (χ4v) is 3.80. The summed E-state index contributed by atoms with van der Waals surface area (Å²) < 4.78 is 3.56. The van der Waals surface area contributed by atoms with E-state index in [-0.39, 0.29) is 0 Å². The molecule has 9 heteroatoms. The number of aromatic nitrogens is 8. The Morgan fingerprint density at radius 2 is 1.81 bits per heavy atom. The van der Waals surface area contributed by atoms with Gasteiger partial charge in [0.1, 0.15) is 5.69 Å². The Morgan fingerprint density at radius 3 is 2.63 bits per heavy atom. The lowest BCUT2D eigenvalue weighted by atomic mass is 10.2. The van der Waals surface area contributed by atoms with Crippen molar-refractivity contribution < 1.29 is 0 Å². The quantitative estimate of drug-likeness (QED) is 0.482. The fraction of sp³-hybridized carbons (Fsp3) is 0.111. The molecule has 27 heavy (non-hydrogen) atoms. The summed E-state index contributed by atoms with van der Waals surface area (Å²) >= 11 is 1.44. The lowest BCUT2D eigenvalue weighted by Gasteiger charge is -2.03. The zero-order chi connectivity index (χ0) is 18.4. The van der Waals surface area contributed by atoms with Crippen LogP contribution in [-0.4, -0.2) is 39.8 Å². The molecule has 0 fully saturated rings. The highest BCUT2D eigenvalue weighted by molar-refractivity contribution is 7.19. The van der Waals surface area contributed by atoms with Gasteiger partial charge in [-0.25, -0.2) is 4.68 Å². The predicted octanol–water partition coefficient (Wildman–Crippen LogP) is 3.11.